The number of nitrogens with one attached hydrogen (secondary N) is 2. The number of rotatable bonds is 8. The fraction of sp³-hybridized carbons (Fsp3) is 0.158. The molecule has 152 valence electrons. The monoisotopic (exact) mass is 435 g/mol. The summed E-state index contributed by atoms with van der Waals surface area (Å²) < 4.78 is 45.2. The van der Waals surface area contributed by atoms with E-state index in [0.717, 1.165) is 16.9 Å². The Morgan fingerprint density at radius 1 is 1.14 bits per heavy atom. The number of ether oxygens (including phenoxy) is 1. The maximum atomic E-state index is 12.9. The van der Waals surface area contributed by atoms with E-state index in [1.54, 1.807) is 29.6 Å². The van der Waals surface area contributed by atoms with Gasteiger partial charge in [-0.25, -0.2) is 17.8 Å². The lowest BCUT2D eigenvalue weighted by Crippen LogP contribution is -2.24. The summed E-state index contributed by atoms with van der Waals surface area (Å²) in [5.74, 6) is -0.0662. The fourth-order valence-corrected chi connectivity index (χ4v) is 4.36. The maximum Gasteiger partial charge on any atom is 0.263 e. The third-order valence-corrected chi connectivity index (χ3v) is 6.18. The zero-order chi connectivity index (χ0) is 20.9. The Kier molecular flexibility index (Phi) is 6.45. The second-order valence-electron chi connectivity index (χ2n) is 6.00. The van der Waals surface area contributed by atoms with Gasteiger partial charge >= 0.3 is 0 Å². The number of thiazole rings is 1. The van der Waals surface area contributed by atoms with Crippen molar-refractivity contribution in [3.8, 4) is 5.75 Å². The molecule has 0 aliphatic heterocycles. The lowest BCUT2D eigenvalue weighted by Gasteiger charge is -2.06. The van der Waals surface area contributed by atoms with Gasteiger partial charge in [0.25, 0.3) is 10.0 Å². The molecule has 0 saturated heterocycles. The second kappa shape index (κ2) is 9.01. The van der Waals surface area contributed by atoms with E-state index in [1.165, 1.54) is 31.4 Å². The van der Waals surface area contributed by atoms with Crippen LogP contribution >= 0.6 is 11.3 Å². The molecule has 0 fully saturated rings. The summed E-state index contributed by atoms with van der Waals surface area (Å²) in [5, 5.41) is 4.50. The number of carbonyl (C=O) groups excluding carboxylic acids is 1. The van der Waals surface area contributed by atoms with Gasteiger partial charge in [0.15, 0.2) is 5.13 Å². The normalized spacial score (nSPS) is 11.1. The topological polar surface area (TPSA) is 97.4 Å². The van der Waals surface area contributed by atoms with Gasteiger partial charge in [-0.2, -0.15) is 0 Å². The SMILES string of the molecule is COc1ccc(S(=O)(=O)Nc2nc(CC(=O)NCc3ccc(F)cc3)cs2)cc1. The van der Waals surface area contributed by atoms with Crippen LogP contribution in [0.2, 0.25) is 0 Å². The van der Waals surface area contributed by atoms with Gasteiger partial charge in [0.2, 0.25) is 5.91 Å². The molecule has 1 aromatic heterocycles. The van der Waals surface area contributed by atoms with Crippen LogP contribution in [0, 0.1) is 5.82 Å². The van der Waals surface area contributed by atoms with E-state index >= 15 is 0 Å². The Morgan fingerprint density at radius 2 is 1.83 bits per heavy atom. The first-order valence-electron chi connectivity index (χ1n) is 8.48. The highest BCUT2D eigenvalue weighted by Crippen LogP contribution is 2.22. The summed E-state index contributed by atoms with van der Waals surface area (Å²) in [6.45, 7) is 0.264. The highest BCUT2D eigenvalue weighted by atomic mass is 32.2. The molecule has 1 heterocycles. The van der Waals surface area contributed by atoms with E-state index in [0.29, 0.717) is 11.4 Å². The van der Waals surface area contributed by atoms with Crippen LogP contribution in [-0.4, -0.2) is 26.4 Å². The number of benzene rings is 2. The van der Waals surface area contributed by atoms with Gasteiger partial charge < -0.3 is 10.1 Å². The van der Waals surface area contributed by atoms with Gasteiger partial charge in [-0.15, -0.1) is 11.3 Å². The van der Waals surface area contributed by atoms with Gasteiger partial charge in [-0.3, -0.25) is 9.52 Å². The molecule has 2 aromatic carbocycles. The van der Waals surface area contributed by atoms with Crippen molar-refractivity contribution in [1.29, 1.82) is 0 Å². The third-order valence-electron chi connectivity index (χ3n) is 3.89. The molecule has 0 spiro atoms. The number of anilines is 1. The van der Waals surface area contributed by atoms with Crippen LogP contribution in [0.5, 0.6) is 5.75 Å². The minimum absolute atomic E-state index is 0.00194. The molecular formula is C19H18FN3O4S2. The first-order valence-corrected chi connectivity index (χ1v) is 10.8. The van der Waals surface area contributed by atoms with Gasteiger partial charge in [0.1, 0.15) is 11.6 Å². The average Bonchev–Trinajstić information content (AvgIpc) is 3.13. The average molecular weight is 436 g/mol. The standard InChI is InChI=1S/C19H18FN3O4S2/c1-27-16-6-8-17(9-7-16)29(25,26)23-19-22-15(12-28-19)10-18(24)21-11-13-2-4-14(20)5-3-13/h2-9,12H,10-11H2,1H3,(H,21,24)(H,22,23). The van der Waals surface area contributed by atoms with Crippen LogP contribution in [0.25, 0.3) is 0 Å². The second-order valence-corrected chi connectivity index (χ2v) is 8.55. The number of carbonyl (C=O) groups is 1. The molecule has 29 heavy (non-hydrogen) atoms. The lowest BCUT2D eigenvalue weighted by molar-refractivity contribution is -0.120. The van der Waals surface area contributed by atoms with Crippen molar-refractivity contribution < 1.29 is 22.3 Å². The Balaban J connectivity index is 1.56. The Labute approximate surface area is 171 Å². The molecule has 0 aliphatic rings. The van der Waals surface area contributed by atoms with E-state index in [-0.39, 0.29) is 34.7 Å². The van der Waals surface area contributed by atoms with Crippen molar-refractivity contribution in [2.24, 2.45) is 0 Å². The largest absolute Gasteiger partial charge is 0.497 e. The highest BCUT2D eigenvalue weighted by molar-refractivity contribution is 7.93. The molecule has 0 unspecified atom stereocenters. The third kappa shape index (κ3) is 5.75. The number of sulfonamides is 1. The van der Waals surface area contributed by atoms with Gasteiger partial charge in [0, 0.05) is 11.9 Å². The predicted octanol–water partition coefficient (Wildman–Crippen LogP) is 2.95. The number of aromatic nitrogens is 1. The van der Waals surface area contributed by atoms with E-state index < -0.39 is 10.0 Å². The van der Waals surface area contributed by atoms with Crippen LogP contribution in [0.3, 0.4) is 0 Å². The Bertz CT molecular complexity index is 1080. The molecule has 0 bridgehead atoms. The number of amides is 1. The van der Waals surface area contributed by atoms with Crippen LogP contribution in [0.15, 0.2) is 58.8 Å². The van der Waals surface area contributed by atoms with Gasteiger partial charge in [-0.1, -0.05) is 12.1 Å². The van der Waals surface area contributed by atoms with Crippen molar-refractivity contribution >= 4 is 32.4 Å². The number of hydrogen-bond acceptors (Lipinski definition) is 6. The van der Waals surface area contributed by atoms with Crippen molar-refractivity contribution in [2.75, 3.05) is 11.8 Å². The molecule has 0 atom stereocenters. The molecule has 7 nitrogen and oxygen atoms in total. The summed E-state index contributed by atoms with van der Waals surface area (Å²) in [6.07, 6.45) is 0.00194. The zero-order valence-corrected chi connectivity index (χ0v) is 17.0. The molecule has 0 aliphatic carbocycles. The van der Waals surface area contributed by atoms with E-state index in [9.17, 15) is 17.6 Å². The molecule has 1 amide bonds. The molecule has 2 N–H and O–H groups in total. The Hall–Kier alpha value is -2.98. The number of methoxy groups -OCH3 is 1. The summed E-state index contributed by atoms with van der Waals surface area (Å²) >= 11 is 1.09. The maximum absolute atomic E-state index is 12.9. The smallest absolute Gasteiger partial charge is 0.263 e. The summed E-state index contributed by atoms with van der Waals surface area (Å²) in [5.41, 5.74) is 1.21. The van der Waals surface area contributed by atoms with E-state index in [1.807, 2.05) is 0 Å². The highest BCUT2D eigenvalue weighted by Gasteiger charge is 2.17. The molecule has 10 heteroatoms. The number of hydrogen-bond donors (Lipinski definition) is 2. The van der Waals surface area contributed by atoms with Crippen molar-refractivity contribution in [3.05, 3.63) is 71.0 Å². The fourth-order valence-electron chi connectivity index (χ4n) is 2.39. The quantitative estimate of drug-likeness (QED) is 0.567. The van der Waals surface area contributed by atoms with Crippen molar-refractivity contribution in [1.82, 2.24) is 10.3 Å². The first-order chi connectivity index (χ1) is 13.9. The molecule has 0 saturated carbocycles. The molecule has 3 rings (SSSR count). The number of halogens is 1. The lowest BCUT2D eigenvalue weighted by atomic mass is 10.2. The summed E-state index contributed by atoms with van der Waals surface area (Å²) in [4.78, 5) is 16.3. The predicted molar refractivity (Wildman–Crippen MR) is 108 cm³/mol. The molecule has 3 aromatic rings. The van der Waals surface area contributed by atoms with E-state index in [4.69, 9.17) is 4.74 Å². The molecule has 0 radical (unpaired) electrons. The van der Waals surface area contributed by atoms with Crippen molar-refractivity contribution in [3.63, 3.8) is 0 Å². The van der Waals surface area contributed by atoms with Crippen LogP contribution in [0.1, 0.15) is 11.3 Å². The first kappa shape index (κ1) is 20.7. The van der Waals surface area contributed by atoms with E-state index in [2.05, 4.69) is 15.0 Å². The van der Waals surface area contributed by atoms with Gasteiger partial charge in [-0.05, 0) is 42.0 Å². The zero-order valence-electron chi connectivity index (χ0n) is 15.4. The molecular weight excluding hydrogens is 417 g/mol. The van der Waals surface area contributed by atoms with Crippen LogP contribution in [0.4, 0.5) is 9.52 Å². The van der Waals surface area contributed by atoms with Gasteiger partial charge in [0.05, 0.1) is 24.1 Å². The summed E-state index contributed by atoms with van der Waals surface area (Å²) in [7, 11) is -2.30. The Morgan fingerprint density at radius 3 is 2.48 bits per heavy atom. The van der Waals surface area contributed by atoms with Crippen LogP contribution < -0.4 is 14.8 Å². The van der Waals surface area contributed by atoms with Crippen LogP contribution in [-0.2, 0) is 27.8 Å². The van der Waals surface area contributed by atoms with Crippen molar-refractivity contribution in [2.45, 2.75) is 17.9 Å². The summed E-state index contributed by atoms with van der Waals surface area (Å²) in [6, 6.07) is 11.8. The number of nitrogens with zero attached hydrogens (tertiary/aromatic N) is 1. The minimum atomic E-state index is -3.79. The minimum Gasteiger partial charge on any atom is -0.497 e.